The lowest BCUT2D eigenvalue weighted by molar-refractivity contribution is -0.206. The molecule has 0 fully saturated rings. The van der Waals surface area contributed by atoms with E-state index in [0.29, 0.717) is 19.4 Å². The lowest BCUT2D eigenvalue weighted by atomic mass is 10.0. The molecule has 0 aliphatic rings. The summed E-state index contributed by atoms with van der Waals surface area (Å²) in [6.07, 6.45) is 5.50. The Labute approximate surface area is 271 Å². The first-order valence-corrected chi connectivity index (χ1v) is 16.6. The maximum absolute atomic E-state index is 13.5. The predicted molar refractivity (Wildman–Crippen MR) is 175 cm³/mol. The van der Waals surface area contributed by atoms with Crippen LogP contribution in [0.3, 0.4) is 0 Å². The summed E-state index contributed by atoms with van der Waals surface area (Å²) in [5, 5.41) is 0. The van der Waals surface area contributed by atoms with Gasteiger partial charge in [-0.05, 0) is 72.9 Å². The third-order valence-corrected chi connectivity index (χ3v) is 7.79. The minimum Gasteiger partial charge on any atom is -0.494 e. The van der Waals surface area contributed by atoms with Crippen molar-refractivity contribution < 1.29 is 37.0 Å². The van der Waals surface area contributed by atoms with Gasteiger partial charge in [0.05, 0.1) is 17.7 Å². The molecule has 1 atom stereocenters. The zero-order valence-electron chi connectivity index (χ0n) is 27.1. The minimum absolute atomic E-state index is 0.0255. The molecule has 0 heterocycles. The molecule has 0 N–H and O–H groups in total. The maximum atomic E-state index is 13.5. The monoisotopic (exact) mass is 640 g/mol. The van der Waals surface area contributed by atoms with Crippen LogP contribution in [0, 0.1) is 0 Å². The highest BCUT2D eigenvalue weighted by Gasteiger charge is 2.42. The molecule has 0 aromatic heterocycles. The summed E-state index contributed by atoms with van der Waals surface area (Å²) in [5.74, 6) is -0.938. The largest absolute Gasteiger partial charge is 0.494 e. The molecule has 46 heavy (non-hydrogen) atoms. The molecule has 0 radical (unpaired) electrons. The molecule has 8 heteroatoms. The molecular weight excluding hydrogens is 593 g/mol. The summed E-state index contributed by atoms with van der Waals surface area (Å²) in [6.45, 7) is 4.89. The van der Waals surface area contributed by atoms with E-state index < -0.39 is 24.2 Å². The zero-order valence-corrected chi connectivity index (χ0v) is 27.1. The molecule has 3 aromatic carbocycles. The van der Waals surface area contributed by atoms with E-state index in [1.54, 1.807) is 24.3 Å². The second-order valence-corrected chi connectivity index (χ2v) is 11.6. The van der Waals surface area contributed by atoms with Crippen LogP contribution >= 0.6 is 0 Å². The van der Waals surface area contributed by atoms with E-state index in [-0.39, 0.29) is 23.3 Å². The quantitative estimate of drug-likeness (QED) is 0.0698. The second kappa shape index (κ2) is 19.6. The van der Waals surface area contributed by atoms with Gasteiger partial charge in [-0.3, -0.25) is 0 Å². The molecular formula is C38H47F3O5. The van der Waals surface area contributed by atoms with Crippen LogP contribution < -0.4 is 9.47 Å². The fraction of sp³-hybridized carbons (Fsp3) is 0.474. The molecule has 3 aromatic rings. The molecule has 1 unspecified atom stereocenters. The summed E-state index contributed by atoms with van der Waals surface area (Å²) in [7, 11) is 0. The van der Waals surface area contributed by atoms with Gasteiger partial charge in [-0.25, -0.2) is 9.59 Å². The smallest absolute Gasteiger partial charge is 0.425 e. The molecule has 0 saturated carbocycles. The van der Waals surface area contributed by atoms with Crippen molar-refractivity contribution in [2.45, 2.75) is 110 Å². The first kappa shape index (κ1) is 36.7. The number of hydrogen-bond donors (Lipinski definition) is 0. The van der Waals surface area contributed by atoms with E-state index >= 15 is 0 Å². The van der Waals surface area contributed by atoms with E-state index in [1.165, 1.54) is 69.2 Å². The van der Waals surface area contributed by atoms with Crippen LogP contribution in [-0.2, 0) is 4.74 Å². The molecule has 0 aliphatic carbocycles. The van der Waals surface area contributed by atoms with Crippen LogP contribution in [0.5, 0.6) is 11.5 Å². The van der Waals surface area contributed by atoms with Gasteiger partial charge in [0, 0.05) is 0 Å². The van der Waals surface area contributed by atoms with Gasteiger partial charge in [0.2, 0.25) is 0 Å². The molecule has 0 spiro atoms. The van der Waals surface area contributed by atoms with Gasteiger partial charge in [0.1, 0.15) is 11.5 Å². The van der Waals surface area contributed by atoms with Crippen molar-refractivity contribution in [1.29, 1.82) is 0 Å². The van der Waals surface area contributed by atoms with Crippen LogP contribution in [0.25, 0.3) is 11.1 Å². The third-order valence-electron chi connectivity index (χ3n) is 7.79. The van der Waals surface area contributed by atoms with Crippen LogP contribution in [0.2, 0.25) is 0 Å². The minimum atomic E-state index is -4.67. The average molecular weight is 641 g/mol. The van der Waals surface area contributed by atoms with E-state index in [4.69, 9.17) is 14.2 Å². The first-order chi connectivity index (χ1) is 22.2. The normalized spacial score (nSPS) is 12.0. The van der Waals surface area contributed by atoms with Crippen LogP contribution in [0.4, 0.5) is 13.2 Å². The van der Waals surface area contributed by atoms with Crippen molar-refractivity contribution >= 4 is 11.9 Å². The fourth-order valence-corrected chi connectivity index (χ4v) is 5.06. The van der Waals surface area contributed by atoms with Crippen molar-refractivity contribution in [2.24, 2.45) is 0 Å². The van der Waals surface area contributed by atoms with Crippen LogP contribution in [0.1, 0.15) is 118 Å². The van der Waals surface area contributed by atoms with Gasteiger partial charge < -0.3 is 14.2 Å². The Kier molecular flexibility index (Phi) is 15.7. The Bertz CT molecular complexity index is 1320. The van der Waals surface area contributed by atoms with Crippen molar-refractivity contribution in [3.63, 3.8) is 0 Å². The molecule has 3 rings (SSSR count). The van der Waals surface area contributed by atoms with E-state index in [0.717, 1.165) is 36.1 Å². The molecule has 5 nitrogen and oxygen atoms in total. The molecule has 0 amide bonds. The average Bonchev–Trinajstić information content (AvgIpc) is 3.05. The number of carbonyl (C=O) groups is 2. The van der Waals surface area contributed by atoms with Crippen molar-refractivity contribution in [3.8, 4) is 22.6 Å². The second-order valence-electron chi connectivity index (χ2n) is 11.6. The van der Waals surface area contributed by atoms with Crippen molar-refractivity contribution in [3.05, 3.63) is 83.9 Å². The molecule has 0 aliphatic heterocycles. The number of alkyl halides is 3. The van der Waals surface area contributed by atoms with Gasteiger partial charge in [-0.1, -0.05) is 108 Å². The Morgan fingerprint density at radius 2 is 1.20 bits per heavy atom. The van der Waals surface area contributed by atoms with E-state index in [1.807, 2.05) is 31.2 Å². The Morgan fingerprint density at radius 1 is 0.630 bits per heavy atom. The zero-order chi connectivity index (χ0) is 33.2. The Morgan fingerprint density at radius 3 is 1.80 bits per heavy atom. The SMILES string of the molecule is CCCCCCCCCCOc1ccc(-c2ccc(C(=O)Oc3cccc(C(=O)OC(CCCCCC)C(F)(F)F)c3)cc2)cc1. The molecule has 0 saturated heterocycles. The van der Waals surface area contributed by atoms with E-state index in [9.17, 15) is 22.8 Å². The number of unbranched alkanes of at least 4 members (excludes halogenated alkanes) is 10. The number of ether oxygens (including phenoxy) is 3. The number of benzene rings is 3. The number of halogens is 3. The number of esters is 2. The van der Waals surface area contributed by atoms with E-state index in [2.05, 4.69) is 6.92 Å². The Hall–Kier alpha value is -3.81. The summed E-state index contributed by atoms with van der Waals surface area (Å²) in [4.78, 5) is 25.3. The maximum Gasteiger partial charge on any atom is 0.425 e. The number of rotatable bonds is 20. The highest BCUT2D eigenvalue weighted by molar-refractivity contribution is 5.93. The van der Waals surface area contributed by atoms with Gasteiger partial charge in [0.15, 0.2) is 6.10 Å². The topological polar surface area (TPSA) is 61.8 Å². The summed E-state index contributed by atoms with van der Waals surface area (Å²) < 4.78 is 56.5. The number of carbonyl (C=O) groups excluding carboxylic acids is 2. The lowest BCUT2D eigenvalue weighted by Crippen LogP contribution is -2.33. The number of hydrogen-bond acceptors (Lipinski definition) is 5. The van der Waals surface area contributed by atoms with Crippen LogP contribution in [-0.4, -0.2) is 30.8 Å². The third kappa shape index (κ3) is 12.9. The highest BCUT2D eigenvalue weighted by atomic mass is 19.4. The Balaban J connectivity index is 1.49. The molecule has 250 valence electrons. The van der Waals surface area contributed by atoms with Crippen LogP contribution in [0.15, 0.2) is 72.8 Å². The summed E-state index contributed by atoms with van der Waals surface area (Å²) in [6, 6.07) is 20.1. The van der Waals surface area contributed by atoms with Crippen molar-refractivity contribution in [1.82, 2.24) is 0 Å². The van der Waals surface area contributed by atoms with Gasteiger partial charge >= 0.3 is 18.1 Å². The summed E-state index contributed by atoms with van der Waals surface area (Å²) >= 11 is 0. The molecule has 0 bridgehead atoms. The van der Waals surface area contributed by atoms with Gasteiger partial charge in [-0.15, -0.1) is 0 Å². The van der Waals surface area contributed by atoms with Crippen molar-refractivity contribution in [2.75, 3.05) is 6.61 Å². The standard InChI is InChI=1S/C38H47F3O5/c1-3-5-7-9-10-11-12-14-27-44-33-25-23-30(24-26-33)29-19-21-31(22-20-29)36(42)45-34-17-15-16-32(28-34)37(43)46-35(38(39,40)41)18-13-8-6-4-2/h15-17,19-26,28,35H,3-14,18,27H2,1-2H3. The predicted octanol–water partition coefficient (Wildman–Crippen LogP) is 11.2. The van der Waals surface area contributed by atoms with Gasteiger partial charge in [-0.2, -0.15) is 13.2 Å². The highest BCUT2D eigenvalue weighted by Crippen LogP contribution is 2.29. The van der Waals surface area contributed by atoms with Gasteiger partial charge in [0.25, 0.3) is 0 Å². The summed E-state index contributed by atoms with van der Waals surface area (Å²) in [5.41, 5.74) is 2.03. The first-order valence-electron chi connectivity index (χ1n) is 16.6. The fourth-order valence-electron chi connectivity index (χ4n) is 5.06. The lowest BCUT2D eigenvalue weighted by Gasteiger charge is -2.20.